The molecule has 23 heavy (non-hydrogen) atoms. The van der Waals surface area contributed by atoms with Gasteiger partial charge in [0.25, 0.3) is 5.91 Å². The normalized spacial score (nSPS) is 10.7. The number of methoxy groups -OCH3 is 1. The largest absolute Gasteiger partial charge is 0.465 e. The fourth-order valence-corrected chi connectivity index (χ4v) is 3.14. The highest BCUT2D eigenvalue weighted by atomic mass is 32.1. The van der Waals surface area contributed by atoms with Crippen molar-refractivity contribution in [3.63, 3.8) is 0 Å². The standard InChI is InChI=1S/C16H15N3O3S/c1-3-19-11-7-5-4-6-10(11)17-16(19)18-14(20)12-8-9-13(23-12)15(21)22-2/h4-9H,3H2,1-2H3,(H,17,18,20). The molecule has 0 radical (unpaired) electrons. The highest BCUT2D eigenvalue weighted by molar-refractivity contribution is 7.16. The monoisotopic (exact) mass is 329 g/mol. The molecule has 0 bridgehead atoms. The second kappa shape index (κ2) is 6.21. The SMILES string of the molecule is CCn1c(NC(=O)c2ccc(C(=O)OC)s2)nc2ccccc21. The van der Waals surface area contributed by atoms with Gasteiger partial charge in [-0.3, -0.25) is 10.1 Å². The molecule has 0 saturated heterocycles. The molecule has 0 fully saturated rings. The van der Waals surface area contributed by atoms with Crippen molar-refractivity contribution >= 4 is 40.2 Å². The third kappa shape index (κ3) is 2.83. The van der Waals surface area contributed by atoms with E-state index in [0.29, 0.717) is 22.2 Å². The Labute approximate surface area is 136 Å². The van der Waals surface area contributed by atoms with E-state index >= 15 is 0 Å². The Morgan fingerprint density at radius 3 is 2.70 bits per heavy atom. The van der Waals surface area contributed by atoms with Gasteiger partial charge in [-0.15, -0.1) is 11.3 Å². The lowest BCUT2D eigenvalue weighted by Gasteiger charge is -2.06. The summed E-state index contributed by atoms with van der Waals surface area (Å²) in [6, 6.07) is 10.9. The van der Waals surface area contributed by atoms with Gasteiger partial charge in [0.05, 0.1) is 23.0 Å². The summed E-state index contributed by atoms with van der Waals surface area (Å²) in [5.74, 6) is -0.253. The zero-order valence-electron chi connectivity index (χ0n) is 12.7. The Bertz CT molecular complexity index is 882. The molecule has 7 heteroatoms. The summed E-state index contributed by atoms with van der Waals surface area (Å²) in [5.41, 5.74) is 1.79. The van der Waals surface area contributed by atoms with Crippen LogP contribution < -0.4 is 5.32 Å². The van der Waals surface area contributed by atoms with Gasteiger partial charge in [0.2, 0.25) is 5.95 Å². The number of hydrogen-bond acceptors (Lipinski definition) is 5. The van der Waals surface area contributed by atoms with E-state index in [0.717, 1.165) is 22.4 Å². The summed E-state index contributed by atoms with van der Waals surface area (Å²) >= 11 is 1.09. The van der Waals surface area contributed by atoms with Crippen LogP contribution in [0.4, 0.5) is 5.95 Å². The maximum Gasteiger partial charge on any atom is 0.348 e. The van der Waals surface area contributed by atoms with Crippen LogP contribution in [-0.4, -0.2) is 28.5 Å². The Balaban J connectivity index is 1.88. The van der Waals surface area contributed by atoms with Gasteiger partial charge in [0.15, 0.2) is 0 Å². The molecule has 3 rings (SSSR count). The first-order chi connectivity index (χ1) is 11.1. The third-order valence-corrected chi connectivity index (χ3v) is 4.48. The highest BCUT2D eigenvalue weighted by Gasteiger charge is 2.17. The minimum absolute atomic E-state index is 0.296. The van der Waals surface area contributed by atoms with Gasteiger partial charge in [-0.25, -0.2) is 9.78 Å². The summed E-state index contributed by atoms with van der Waals surface area (Å²) in [6.07, 6.45) is 0. The molecular formula is C16H15N3O3S. The summed E-state index contributed by atoms with van der Waals surface area (Å²) in [6.45, 7) is 2.68. The first-order valence-corrected chi connectivity index (χ1v) is 7.90. The lowest BCUT2D eigenvalue weighted by atomic mass is 10.3. The first-order valence-electron chi connectivity index (χ1n) is 7.08. The summed E-state index contributed by atoms with van der Waals surface area (Å²) in [4.78, 5) is 29.1. The molecule has 0 aliphatic rings. The molecule has 118 valence electrons. The first kappa shape index (κ1) is 15.2. The zero-order valence-corrected chi connectivity index (χ0v) is 13.5. The fourth-order valence-electron chi connectivity index (χ4n) is 2.32. The summed E-state index contributed by atoms with van der Waals surface area (Å²) < 4.78 is 6.58. The third-order valence-electron chi connectivity index (χ3n) is 3.41. The molecule has 1 amide bonds. The van der Waals surface area contributed by atoms with Crippen molar-refractivity contribution in [2.75, 3.05) is 12.4 Å². The molecule has 0 aliphatic heterocycles. The minimum atomic E-state index is -0.449. The van der Waals surface area contributed by atoms with Gasteiger partial charge < -0.3 is 9.30 Å². The summed E-state index contributed by atoms with van der Waals surface area (Å²) in [7, 11) is 1.31. The molecule has 0 saturated carbocycles. The van der Waals surface area contributed by atoms with Crippen molar-refractivity contribution in [3.8, 4) is 0 Å². The number of thiophene rings is 1. The number of nitrogens with one attached hydrogen (secondary N) is 1. The smallest absolute Gasteiger partial charge is 0.348 e. The van der Waals surface area contributed by atoms with Crippen LogP contribution in [0.15, 0.2) is 36.4 Å². The number of anilines is 1. The Hall–Kier alpha value is -2.67. The number of aromatic nitrogens is 2. The number of fused-ring (bicyclic) bond motifs is 1. The van der Waals surface area contributed by atoms with Gasteiger partial charge >= 0.3 is 5.97 Å². The van der Waals surface area contributed by atoms with Crippen molar-refractivity contribution in [2.45, 2.75) is 13.5 Å². The van der Waals surface area contributed by atoms with E-state index < -0.39 is 5.97 Å². The molecule has 0 unspecified atom stereocenters. The number of aryl methyl sites for hydroxylation is 1. The maximum atomic E-state index is 12.4. The van der Waals surface area contributed by atoms with Crippen molar-refractivity contribution in [1.82, 2.24) is 9.55 Å². The predicted octanol–water partition coefficient (Wildman–Crippen LogP) is 3.16. The lowest BCUT2D eigenvalue weighted by molar-refractivity contribution is 0.0606. The van der Waals surface area contributed by atoms with Crippen molar-refractivity contribution in [3.05, 3.63) is 46.2 Å². The number of imidazole rings is 1. The van der Waals surface area contributed by atoms with Crippen LogP contribution in [0.5, 0.6) is 0 Å². The number of benzene rings is 1. The molecule has 0 spiro atoms. The van der Waals surface area contributed by atoms with E-state index in [9.17, 15) is 9.59 Å². The number of para-hydroxylation sites is 2. The minimum Gasteiger partial charge on any atom is -0.465 e. The van der Waals surface area contributed by atoms with Crippen LogP contribution in [0.2, 0.25) is 0 Å². The number of rotatable bonds is 4. The van der Waals surface area contributed by atoms with E-state index in [-0.39, 0.29) is 5.91 Å². The average Bonchev–Trinajstić information content (AvgIpc) is 3.18. The molecular weight excluding hydrogens is 314 g/mol. The topological polar surface area (TPSA) is 73.2 Å². The quantitative estimate of drug-likeness (QED) is 0.746. The van der Waals surface area contributed by atoms with Gasteiger partial charge in [-0.1, -0.05) is 12.1 Å². The van der Waals surface area contributed by atoms with Crippen LogP contribution in [-0.2, 0) is 11.3 Å². The van der Waals surface area contributed by atoms with E-state index in [1.807, 2.05) is 35.8 Å². The Kier molecular flexibility index (Phi) is 4.12. The van der Waals surface area contributed by atoms with Gasteiger partial charge in [-0.2, -0.15) is 0 Å². The Morgan fingerprint density at radius 2 is 1.96 bits per heavy atom. The van der Waals surface area contributed by atoms with Crippen LogP contribution in [0, 0.1) is 0 Å². The van der Waals surface area contributed by atoms with E-state index in [4.69, 9.17) is 0 Å². The molecule has 0 aliphatic carbocycles. The predicted molar refractivity (Wildman–Crippen MR) is 89.0 cm³/mol. The van der Waals surface area contributed by atoms with Crippen molar-refractivity contribution < 1.29 is 14.3 Å². The van der Waals surface area contributed by atoms with Crippen molar-refractivity contribution in [1.29, 1.82) is 0 Å². The number of hydrogen-bond donors (Lipinski definition) is 1. The van der Waals surface area contributed by atoms with E-state index in [2.05, 4.69) is 15.0 Å². The van der Waals surface area contributed by atoms with Gasteiger partial charge in [0.1, 0.15) is 4.88 Å². The second-order valence-electron chi connectivity index (χ2n) is 4.78. The van der Waals surface area contributed by atoms with Crippen LogP contribution >= 0.6 is 11.3 Å². The molecule has 1 aromatic carbocycles. The molecule has 3 aromatic rings. The van der Waals surface area contributed by atoms with Gasteiger partial charge in [0, 0.05) is 6.54 Å². The van der Waals surface area contributed by atoms with Crippen molar-refractivity contribution in [2.24, 2.45) is 0 Å². The van der Waals surface area contributed by atoms with Crippen LogP contribution in [0.1, 0.15) is 26.3 Å². The Morgan fingerprint density at radius 1 is 1.22 bits per heavy atom. The second-order valence-corrected chi connectivity index (χ2v) is 5.86. The zero-order chi connectivity index (χ0) is 16.4. The highest BCUT2D eigenvalue weighted by Crippen LogP contribution is 2.22. The maximum absolute atomic E-state index is 12.4. The number of ether oxygens (including phenoxy) is 1. The molecule has 1 N–H and O–H groups in total. The van der Waals surface area contributed by atoms with E-state index in [1.54, 1.807) is 12.1 Å². The van der Waals surface area contributed by atoms with Crippen LogP contribution in [0.25, 0.3) is 11.0 Å². The molecule has 6 nitrogen and oxygen atoms in total. The molecule has 0 atom stereocenters. The average molecular weight is 329 g/mol. The fraction of sp³-hybridized carbons (Fsp3) is 0.188. The molecule has 2 heterocycles. The molecule has 2 aromatic heterocycles. The number of esters is 1. The lowest BCUT2D eigenvalue weighted by Crippen LogP contribution is -2.14. The van der Waals surface area contributed by atoms with Crippen LogP contribution in [0.3, 0.4) is 0 Å². The van der Waals surface area contributed by atoms with Gasteiger partial charge in [-0.05, 0) is 31.2 Å². The summed E-state index contributed by atoms with van der Waals surface area (Å²) in [5, 5.41) is 2.81. The van der Waals surface area contributed by atoms with E-state index in [1.165, 1.54) is 7.11 Å². The number of carbonyl (C=O) groups is 2. The number of carbonyl (C=O) groups excluding carboxylic acids is 2. The number of amides is 1. The number of nitrogens with zero attached hydrogens (tertiary/aromatic N) is 2.